The van der Waals surface area contributed by atoms with Crippen molar-refractivity contribution in [3.63, 3.8) is 0 Å². The highest BCUT2D eigenvalue weighted by molar-refractivity contribution is 4.68. The van der Waals surface area contributed by atoms with E-state index < -0.39 is 0 Å². The molecule has 2 aliphatic rings. The van der Waals surface area contributed by atoms with Gasteiger partial charge in [0.1, 0.15) is 0 Å². The second-order valence-electron chi connectivity index (χ2n) is 5.27. The molecule has 2 heteroatoms. The summed E-state index contributed by atoms with van der Waals surface area (Å²) >= 11 is 0. The van der Waals surface area contributed by atoms with E-state index in [0.717, 1.165) is 5.92 Å². The molecular formula is C13H26N2. The molecule has 88 valence electrons. The highest BCUT2D eigenvalue weighted by Gasteiger charge is 2.14. The molecule has 0 aromatic heterocycles. The number of piperidine rings is 1. The van der Waals surface area contributed by atoms with Crippen LogP contribution < -0.4 is 5.43 Å². The monoisotopic (exact) mass is 210 g/mol. The Balaban J connectivity index is 1.62. The molecule has 0 atom stereocenters. The first-order valence-electron chi connectivity index (χ1n) is 6.93. The van der Waals surface area contributed by atoms with Gasteiger partial charge in [0.2, 0.25) is 0 Å². The van der Waals surface area contributed by atoms with E-state index in [1.807, 2.05) is 0 Å². The summed E-state index contributed by atoms with van der Waals surface area (Å²) in [6, 6.07) is 0. The SMILES string of the molecule is C1CCCC(CNN2CCCCC2)CC1. The Morgan fingerprint density at radius 2 is 1.40 bits per heavy atom. The maximum Gasteiger partial charge on any atom is 0.0131 e. The van der Waals surface area contributed by atoms with E-state index in [9.17, 15) is 0 Å². The molecule has 2 nitrogen and oxygen atoms in total. The van der Waals surface area contributed by atoms with Gasteiger partial charge in [0.25, 0.3) is 0 Å². The number of hydrogen-bond acceptors (Lipinski definition) is 2. The van der Waals surface area contributed by atoms with E-state index in [-0.39, 0.29) is 0 Å². The van der Waals surface area contributed by atoms with Crippen molar-refractivity contribution in [2.75, 3.05) is 19.6 Å². The third-order valence-electron chi connectivity index (χ3n) is 3.93. The molecule has 0 spiro atoms. The lowest BCUT2D eigenvalue weighted by Gasteiger charge is -2.29. The van der Waals surface area contributed by atoms with Crippen molar-refractivity contribution in [1.82, 2.24) is 10.4 Å². The van der Waals surface area contributed by atoms with Crippen LogP contribution in [-0.2, 0) is 0 Å². The molecule has 0 unspecified atom stereocenters. The Kier molecular flexibility index (Phi) is 4.94. The quantitative estimate of drug-likeness (QED) is 0.721. The molecule has 0 bridgehead atoms. The van der Waals surface area contributed by atoms with Crippen molar-refractivity contribution < 1.29 is 0 Å². The molecule has 0 amide bonds. The number of nitrogens with one attached hydrogen (secondary N) is 1. The van der Waals surface area contributed by atoms with Crippen LogP contribution in [0, 0.1) is 5.92 Å². The Labute approximate surface area is 94.4 Å². The Hall–Kier alpha value is -0.0800. The molecule has 1 aliphatic heterocycles. The normalized spacial score (nSPS) is 26.4. The first-order chi connectivity index (χ1) is 7.45. The number of hydrazine groups is 1. The standard InChI is InChI=1S/C13H26N2/c1-2-5-9-13(8-4-1)12-14-15-10-6-3-7-11-15/h13-14H,1-12H2. The molecule has 0 aromatic rings. The lowest BCUT2D eigenvalue weighted by Crippen LogP contribution is -2.43. The van der Waals surface area contributed by atoms with Gasteiger partial charge in [0.05, 0.1) is 0 Å². The van der Waals surface area contributed by atoms with Crippen LogP contribution in [0.25, 0.3) is 0 Å². The van der Waals surface area contributed by atoms with Gasteiger partial charge in [-0.1, -0.05) is 32.1 Å². The lowest BCUT2D eigenvalue weighted by molar-refractivity contribution is 0.140. The van der Waals surface area contributed by atoms with Crippen LogP contribution in [0.1, 0.15) is 57.8 Å². The van der Waals surface area contributed by atoms with Gasteiger partial charge in [-0.05, 0) is 31.6 Å². The molecule has 1 aliphatic carbocycles. The Morgan fingerprint density at radius 1 is 0.800 bits per heavy atom. The van der Waals surface area contributed by atoms with Crippen molar-refractivity contribution in [3.05, 3.63) is 0 Å². The molecule has 1 heterocycles. The summed E-state index contributed by atoms with van der Waals surface area (Å²) in [4.78, 5) is 0. The van der Waals surface area contributed by atoms with Gasteiger partial charge >= 0.3 is 0 Å². The average molecular weight is 210 g/mol. The molecule has 0 aromatic carbocycles. The summed E-state index contributed by atoms with van der Waals surface area (Å²) in [7, 11) is 0. The van der Waals surface area contributed by atoms with Crippen LogP contribution in [0.15, 0.2) is 0 Å². The summed E-state index contributed by atoms with van der Waals surface area (Å²) < 4.78 is 0. The molecule has 1 N–H and O–H groups in total. The largest absolute Gasteiger partial charge is 0.255 e. The van der Waals surface area contributed by atoms with E-state index in [4.69, 9.17) is 0 Å². The number of rotatable bonds is 3. The third kappa shape index (κ3) is 4.12. The number of nitrogens with zero attached hydrogens (tertiary/aromatic N) is 1. The molecule has 0 radical (unpaired) electrons. The molecule has 1 saturated carbocycles. The fourth-order valence-electron chi connectivity index (χ4n) is 2.88. The van der Waals surface area contributed by atoms with Gasteiger partial charge < -0.3 is 0 Å². The summed E-state index contributed by atoms with van der Waals surface area (Å²) in [6.45, 7) is 3.78. The fourth-order valence-corrected chi connectivity index (χ4v) is 2.88. The van der Waals surface area contributed by atoms with Crippen molar-refractivity contribution in [1.29, 1.82) is 0 Å². The van der Waals surface area contributed by atoms with Crippen molar-refractivity contribution in [3.8, 4) is 0 Å². The van der Waals surface area contributed by atoms with Crippen LogP contribution in [0.4, 0.5) is 0 Å². The van der Waals surface area contributed by atoms with E-state index in [1.54, 1.807) is 0 Å². The zero-order valence-electron chi connectivity index (χ0n) is 10.0. The van der Waals surface area contributed by atoms with E-state index in [1.165, 1.54) is 77.4 Å². The van der Waals surface area contributed by atoms with Gasteiger partial charge in [-0.2, -0.15) is 0 Å². The molecule has 2 fully saturated rings. The third-order valence-corrected chi connectivity index (χ3v) is 3.93. The maximum atomic E-state index is 3.65. The average Bonchev–Trinajstić information content (AvgIpc) is 2.56. The van der Waals surface area contributed by atoms with Crippen LogP contribution in [-0.4, -0.2) is 24.6 Å². The minimum Gasteiger partial charge on any atom is -0.255 e. The fraction of sp³-hybridized carbons (Fsp3) is 1.00. The van der Waals surface area contributed by atoms with Crippen LogP contribution in [0.3, 0.4) is 0 Å². The zero-order chi connectivity index (χ0) is 10.3. The molecule has 2 rings (SSSR count). The minimum atomic E-state index is 0.953. The van der Waals surface area contributed by atoms with E-state index in [0.29, 0.717) is 0 Å². The highest BCUT2D eigenvalue weighted by atomic mass is 15.5. The van der Waals surface area contributed by atoms with Gasteiger partial charge in [0.15, 0.2) is 0 Å². The van der Waals surface area contributed by atoms with Crippen LogP contribution >= 0.6 is 0 Å². The molecular weight excluding hydrogens is 184 g/mol. The predicted octanol–water partition coefficient (Wildman–Crippen LogP) is 2.95. The predicted molar refractivity (Wildman–Crippen MR) is 64.6 cm³/mol. The van der Waals surface area contributed by atoms with E-state index >= 15 is 0 Å². The van der Waals surface area contributed by atoms with Crippen molar-refractivity contribution >= 4 is 0 Å². The smallest absolute Gasteiger partial charge is 0.0131 e. The highest BCUT2D eigenvalue weighted by Crippen LogP contribution is 2.22. The summed E-state index contributed by atoms with van der Waals surface area (Å²) in [5.74, 6) is 0.953. The minimum absolute atomic E-state index is 0.953. The van der Waals surface area contributed by atoms with Gasteiger partial charge in [-0.15, -0.1) is 0 Å². The second-order valence-corrected chi connectivity index (χ2v) is 5.27. The summed E-state index contributed by atoms with van der Waals surface area (Å²) in [5.41, 5.74) is 3.65. The molecule has 15 heavy (non-hydrogen) atoms. The summed E-state index contributed by atoms with van der Waals surface area (Å²) in [6.07, 6.45) is 13.0. The first kappa shape index (κ1) is 11.4. The topological polar surface area (TPSA) is 15.3 Å². The van der Waals surface area contributed by atoms with Crippen LogP contribution in [0.2, 0.25) is 0 Å². The lowest BCUT2D eigenvalue weighted by atomic mass is 10.0. The first-order valence-corrected chi connectivity index (χ1v) is 6.93. The van der Waals surface area contributed by atoms with E-state index in [2.05, 4.69) is 10.4 Å². The Morgan fingerprint density at radius 3 is 2.07 bits per heavy atom. The Bertz CT molecular complexity index is 156. The second kappa shape index (κ2) is 6.49. The maximum absolute atomic E-state index is 3.65. The molecule has 1 saturated heterocycles. The van der Waals surface area contributed by atoms with Crippen molar-refractivity contribution in [2.24, 2.45) is 5.92 Å². The summed E-state index contributed by atoms with van der Waals surface area (Å²) in [5, 5.41) is 2.45. The zero-order valence-corrected chi connectivity index (χ0v) is 10.0. The van der Waals surface area contributed by atoms with Gasteiger partial charge in [0, 0.05) is 19.6 Å². The van der Waals surface area contributed by atoms with Gasteiger partial charge in [-0.3, -0.25) is 5.43 Å². The van der Waals surface area contributed by atoms with Crippen LogP contribution in [0.5, 0.6) is 0 Å². The van der Waals surface area contributed by atoms with Crippen molar-refractivity contribution in [2.45, 2.75) is 57.8 Å². The number of hydrogen-bond donors (Lipinski definition) is 1. The van der Waals surface area contributed by atoms with Gasteiger partial charge in [-0.25, -0.2) is 5.01 Å².